The average Bonchev–Trinajstić information content (AvgIpc) is 2.66. The van der Waals surface area contributed by atoms with E-state index in [-0.39, 0.29) is 11.8 Å². The van der Waals surface area contributed by atoms with E-state index in [2.05, 4.69) is 4.90 Å². The minimum Gasteiger partial charge on any atom is -0.490 e. The van der Waals surface area contributed by atoms with Gasteiger partial charge in [0.2, 0.25) is 0 Å². The zero-order chi connectivity index (χ0) is 18.5. The summed E-state index contributed by atoms with van der Waals surface area (Å²) in [4.78, 5) is 25.7. The van der Waals surface area contributed by atoms with Crippen molar-refractivity contribution in [2.24, 2.45) is 0 Å². The first-order valence-electron chi connectivity index (χ1n) is 8.87. The Bertz CT molecular complexity index is 798. The van der Waals surface area contributed by atoms with Gasteiger partial charge in [0, 0.05) is 12.1 Å². The fraction of sp³-hybridized carbons (Fsp3) is 0.333. The second kappa shape index (κ2) is 8.04. The molecule has 0 radical (unpaired) electrons. The van der Waals surface area contributed by atoms with Crippen molar-refractivity contribution in [1.82, 2.24) is 0 Å². The summed E-state index contributed by atoms with van der Waals surface area (Å²) in [6.07, 6.45) is 0.808. The number of ketones is 1. The summed E-state index contributed by atoms with van der Waals surface area (Å²) >= 11 is 0. The second-order valence-corrected chi connectivity index (χ2v) is 6.34. The Labute approximate surface area is 153 Å². The van der Waals surface area contributed by atoms with Crippen molar-refractivity contribution in [2.75, 3.05) is 24.7 Å². The molecule has 5 heteroatoms. The van der Waals surface area contributed by atoms with E-state index in [0.717, 1.165) is 30.0 Å². The molecule has 0 aromatic heterocycles. The molecule has 136 valence electrons. The summed E-state index contributed by atoms with van der Waals surface area (Å²) < 4.78 is 10.9. The van der Waals surface area contributed by atoms with Crippen molar-refractivity contribution in [1.29, 1.82) is 0 Å². The van der Waals surface area contributed by atoms with Gasteiger partial charge in [-0.3, -0.25) is 4.79 Å². The van der Waals surface area contributed by atoms with Crippen molar-refractivity contribution in [3.63, 3.8) is 0 Å². The van der Waals surface area contributed by atoms with Crippen molar-refractivity contribution in [3.8, 4) is 5.75 Å². The van der Waals surface area contributed by atoms with Crippen molar-refractivity contribution in [3.05, 3.63) is 59.2 Å². The average molecular weight is 353 g/mol. The number of fused-ring (bicyclic) bond motifs is 1. The number of Topliss-reactive ketones (excluding diaryl/α,β-unsaturated/α-hetero) is 1. The topological polar surface area (TPSA) is 55.8 Å². The maximum absolute atomic E-state index is 11.9. The monoisotopic (exact) mass is 353 g/mol. The molecule has 0 spiro atoms. The summed E-state index contributed by atoms with van der Waals surface area (Å²) in [6.45, 7) is 5.99. The van der Waals surface area contributed by atoms with E-state index in [1.54, 1.807) is 25.1 Å². The van der Waals surface area contributed by atoms with E-state index in [0.29, 0.717) is 30.9 Å². The van der Waals surface area contributed by atoms with Gasteiger partial charge in [-0.15, -0.1) is 0 Å². The van der Waals surface area contributed by atoms with Crippen LogP contribution in [0.1, 0.15) is 46.5 Å². The highest BCUT2D eigenvalue weighted by Crippen LogP contribution is 2.33. The van der Waals surface area contributed by atoms with Gasteiger partial charge in [0.15, 0.2) is 5.78 Å². The molecule has 5 nitrogen and oxygen atoms in total. The Morgan fingerprint density at radius 3 is 2.54 bits per heavy atom. The Morgan fingerprint density at radius 1 is 1.12 bits per heavy atom. The van der Waals surface area contributed by atoms with Crippen LogP contribution in [-0.4, -0.2) is 31.5 Å². The molecular formula is C21H23NO4. The first-order valence-corrected chi connectivity index (χ1v) is 8.87. The van der Waals surface area contributed by atoms with Crippen LogP contribution < -0.4 is 9.64 Å². The van der Waals surface area contributed by atoms with E-state index in [9.17, 15) is 9.59 Å². The third-order valence-electron chi connectivity index (χ3n) is 4.33. The smallest absolute Gasteiger partial charge is 0.338 e. The van der Waals surface area contributed by atoms with Crippen LogP contribution in [0.25, 0.3) is 0 Å². The van der Waals surface area contributed by atoms with Gasteiger partial charge in [0.1, 0.15) is 12.4 Å². The summed E-state index contributed by atoms with van der Waals surface area (Å²) in [5.41, 5.74) is 3.24. The number of rotatable bonds is 6. The summed E-state index contributed by atoms with van der Waals surface area (Å²) in [6, 6.07) is 13.0. The number of esters is 1. The maximum atomic E-state index is 11.9. The number of carbonyl (C=O) groups is 2. The number of benzene rings is 2. The van der Waals surface area contributed by atoms with E-state index in [1.807, 2.05) is 31.2 Å². The number of hydrogen-bond donors (Lipinski definition) is 0. The summed E-state index contributed by atoms with van der Waals surface area (Å²) in [7, 11) is 0. The SMILES string of the molecule is CCCOC(=O)c1ccc(CN2CCOc3ccc(C(C)=O)cc32)cc1. The van der Waals surface area contributed by atoms with Gasteiger partial charge in [-0.25, -0.2) is 4.79 Å². The largest absolute Gasteiger partial charge is 0.490 e. The Kier molecular flexibility index (Phi) is 5.56. The Hall–Kier alpha value is -2.82. The minimum absolute atomic E-state index is 0.0354. The second-order valence-electron chi connectivity index (χ2n) is 6.34. The molecule has 2 aromatic rings. The van der Waals surface area contributed by atoms with Crippen LogP contribution >= 0.6 is 0 Å². The van der Waals surface area contributed by atoms with Gasteiger partial charge in [-0.1, -0.05) is 19.1 Å². The highest BCUT2D eigenvalue weighted by Gasteiger charge is 2.19. The van der Waals surface area contributed by atoms with Crippen LogP contribution in [0.3, 0.4) is 0 Å². The molecule has 0 saturated heterocycles. The van der Waals surface area contributed by atoms with Gasteiger partial charge >= 0.3 is 5.97 Å². The van der Waals surface area contributed by atoms with E-state index >= 15 is 0 Å². The van der Waals surface area contributed by atoms with Crippen LogP contribution in [0.2, 0.25) is 0 Å². The van der Waals surface area contributed by atoms with Crippen LogP contribution in [-0.2, 0) is 11.3 Å². The molecule has 0 unspecified atom stereocenters. The molecule has 0 aliphatic carbocycles. The molecule has 0 N–H and O–H groups in total. The lowest BCUT2D eigenvalue weighted by atomic mass is 10.1. The Balaban J connectivity index is 1.75. The lowest BCUT2D eigenvalue weighted by Crippen LogP contribution is -2.32. The molecule has 1 aliphatic heterocycles. The molecule has 26 heavy (non-hydrogen) atoms. The molecule has 2 aromatic carbocycles. The van der Waals surface area contributed by atoms with E-state index in [1.165, 1.54) is 0 Å². The molecule has 3 rings (SSSR count). The minimum atomic E-state index is -0.291. The normalized spacial score (nSPS) is 12.9. The number of hydrogen-bond acceptors (Lipinski definition) is 5. The number of carbonyl (C=O) groups excluding carboxylic acids is 2. The van der Waals surface area contributed by atoms with Gasteiger partial charge in [0.05, 0.1) is 24.4 Å². The lowest BCUT2D eigenvalue weighted by molar-refractivity contribution is 0.0505. The van der Waals surface area contributed by atoms with Crippen LogP contribution in [0.4, 0.5) is 5.69 Å². The van der Waals surface area contributed by atoms with Gasteiger partial charge in [0.25, 0.3) is 0 Å². The van der Waals surface area contributed by atoms with Crippen LogP contribution in [0.5, 0.6) is 5.75 Å². The molecule has 0 amide bonds. The van der Waals surface area contributed by atoms with E-state index in [4.69, 9.17) is 9.47 Å². The molecule has 0 atom stereocenters. The van der Waals surface area contributed by atoms with Gasteiger partial charge in [-0.2, -0.15) is 0 Å². The maximum Gasteiger partial charge on any atom is 0.338 e. The van der Waals surface area contributed by atoms with Crippen LogP contribution in [0.15, 0.2) is 42.5 Å². The standard InChI is InChI=1S/C21H23NO4/c1-3-11-26-21(24)17-6-4-16(5-7-17)14-22-10-12-25-20-9-8-18(15(2)23)13-19(20)22/h4-9,13H,3,10-12,14H2,1-2H3. The molecule has 0 bridgehead atoms. The summed E-state index contributed by atoms with van der Waals surface area (Å²) in [5.74, 6) is 0.537. The third kappa shape index (κ3) is 4.04. The molecule has 0 saturated carbocycles. The molecule has 1 heterocycles. The highest BCUT2D eigenvalue weighted by atomic mass is 16.5. The number of anilines is 1. The lowest BCUT2D eigenvalue weighted by Gasteiger charge is -2.31. The summed E-state index contributed by atoms with van der Waals surface area (Å²) in [5, 5.41) is 0. The zero-order valence-corrected chi connectivity index (χ0v) is 15.2. The highest BCUT2D eigenvalue weighted by molar-refractivity contribution is 5.95. The molecular weight excluding hydrogens is 330 g/mol. The third-order valence-corrected chi connectivity index (χ3v) is 4.33. The van der Waals surface area contributed by atoms with E-state index < -0.39 is 0 Å². The van der Waals surface area contributed by atoms with Crippen molar-refractivity contribution in [2.45, 2.75) is 26.8 Å². The zero-order valence-electron chi connectivity index (χ0n) is 15.2. The van der Waals surface area contributed by atoms with Crippen LogP contribution in [0, 0.1) is 0 Å². The fourth-order valence-electron chi connectivity index (χ4n) is 2.90. The quantitative estimate of drug-likeness (QED) is 0.583. The predicted octanol–water partition coefficient (Wildman–Crippen LogP) is 3.86. The number of ether oxygens (including phenoxy) is 2. The molecule has 0 fully saturated rings. The Morgan fingerprint density at radius 2 is 1.85 bits per heavy atom. The first kappa shape index (κ1) is 18.0. The van der Waals surface area contributed by atoms with Crippen molar-refractivity contribution >= 4 is 17.4 Å². The van der Waals surface area contributed by atoms with Crippen molar-refractivity contribution < 1.29 is 19.1 Å². The number of nitrogens with zero attached hydrogens (tertiary/aromatic N) is 1. The molecule has 1 aliphatic rings. The van der Waals surface area contributed by atoms with Gasteiger partial charge in [-0.05, 0) is 49.2 Å². The van der Waals surface area contributed by atoms with Gasteiger partial charge < -0.3 is 14.4 Å². The predicted molar refractivity (Wildman–Crippen MR) is 100 cm³/mol. The first-order chi connectivity index (χ1) is 12.6. The fourth-order valence-corrected chi connectivity index (χ4v) is 2.90.